The molecule has 1 aromatic carbocycles. The van der Waals surface area contributed by atoms with Crippen molar-refractivity contribution < 1.29 is 8.81 Å². The number of thiocarbonyl (C=S) groups is 1. The molecule has 0 spiro atoms. The molecule has 6 heteroatoms. The Morgan fingerprint density at radius 1 is 1.15 bits per heavy atom. The van der Waals surface area contributed by atoms with Gasteiger partial charge in [0.1, 0.15) is 23.4 Å². The highest BCUT2D eigenvalue weighted by Gasteiger charge is 2.41. The molecule has 2 atom stereocenters. The number of hydrogen-bond donors (Lipinski definition) is 1. The lowest BCUT2D eigenvalue weighted by atomic mass is 10.0. The first-order valence-corrected chi connectivity index (χ1v) is 9.42. The van der Waals surface area contributed by atoms with Gasteiger partial charge >= 0.3 is 0 Å². The molecule has 0 bridgehead atoms. The summed E-state index contributed by atoms with van der Waals surface area (Å²) in [5.41, 5.74) is 1.76. The number of benzene rings is 1. The van der Waals surface area contributed by atoms with Crippen LogP contribution in [0.1, 0.15) is 36.9 Å². The van der Waals surface area contributed by atoms with E-state index in [4.69, 9.17) is 16.6 Å². The Balaban J connectivity index is 1.71. The molecular formula is C21H20FN3OS. The van der Waals surface area contributed by atoms with Crippen LogP contribution in [-0.2, 0) is 0 Å². The average Bonchev–Trinajstić information content (AvgIpc) is 3.29. The summed E-state index contributed by atoms with van der Waals surface area (Å²) in [6, 6.07) is 15.9. The quantitative estimate of drug-likeness (QED) is 0.639. The lowest BCUT2D eigenvalue weighted by Gasteiger charge is -2.25. The summed E-state index contributed by atoms with van der Waals surface area (Å²) in [5, 5.41) is 4.10. The van der Waals surface area contributed by atoms with E-state index < -0.39 is 0 Å². The van der Waals surface area contributed by atoms with Gasteiger partial charge in [-0.1, -0.05) is 13.0 Å². The summed E-state index contributed by atoms with van der Waals surface area (Å²) in [6.45, 7) is 2.95. The van der Waals surface area contributed by atoms with Gasteiger partial charge in [-0.05, 0) is 67.2 Å². The Labute approximate surface area is 163 Å². The van der Waals surface area contributed by atoms with E-state index in [1.54, 1.807) is 18.3 Å². The third-order valence-electron chi connectivity index (χ3n) is 4.71. The summed E-state index contributed by atoms with van der Waals surface area (Å²) in [4.78, 5) is 6.66. The fraction of sp³-hybridized carbons (Fsp3) is 0.238. The Hall–Kier alpha value is -2.73. The Bertz CT molecular complexity index is 926. The van der Waals surface area contributed by atoms with Gasteiger partial charge in [0.25, 0.3) is 0 Å². The lowest BCUT2D eigenvalue weighted by molar-refractivity contribution is 0.275. The van der Waals surface area contributed by atoms with Crippen molar-refractivity contribution in [3.63, 3.8) is 0 Å². The third-order valence-corrected chi connectivity index (χ3v) is 5.06. The van der Waals surface area contributed by atoms with Crippen molar-refractivity contribution in [3.05, 3.63) is 78.1 Å². The Morgan fingerprint density at radius 3 is 2.67 bits per heavy atom. The lowest BCUT2D eigenvalue weighted by Crippen LogP contribution is -2.30. The fourth-order valence-corrected chi connectivity index (χ4v) is 3.81. The van der Waals surface area contributed by atoms with Gasteiger partial charge in [-0.3, -0.25) is 4.98 Å². The maximum absolute atomic E-state index is 13.2. The summed E-state index contributed by atoms with van der Waals surface area (Å²) in [5.74, 6) is 1.25. The molecule has 2 aromatic heterocycles. The molecule has 3 heterocycles. The molecule has 0 amide bonds. The van der Waals surface area contributed by atoms with Crippen LogP contribution in [0.25, 0.3) is 11.3 Å². The van der Waals surface area contributed by atoms with E-state index in [1.165, 1.54) is 12.1 Å². The van der Waals surface area contributed by atoms with Gasteiger partial charge in [0.2, 0.25) is 0 Å². The molecule has 3 aromatic rings. The largest absolute Gasteiger partial charge is 0.459 e. The average molecular weight is 381 g/mol. The van der Waals surface area contributed by atoms with Crippen LogP contribution in [0.4, 0.5) is 4.39 Å². The van der Waals surface area contributed by atoms with Gasteiger partial charge < -0.3 is 14.6 Å². The molecular weight excluding hydrogens is 361 g/mol. The minimum atomic E-state index is -0.264. The molecule has 27 heavy (non-hydrogen) atoms. The zero-order valence-electron chi connectivity index (χ0n) is 14.9. The molecule has 1 fully saturated rings. The molecule has 1 N–H and O–H groups in total. The first-order chi connectivity index (χ1) is 13.2. The second kappa shape index (κ2) is 7.48. The highest BCUT2D eigenvalue weighted by Crippen LogP contribution is 2.40. The van der Waals surface area contributed by atoms with Crippen LogP contribution in [0.5, 0.6) is 0 Å². The molecule has 0 unspecified atom stereocenters. The SMILES string of the molecule is CCCN1C(=S)N[C@H](c2ccccn2)[C@@H]1c1ccc(-c2ccc(F)cc2)o1. The van der Waals surface area contributed by atoms with Gasteiger partial charge in [0.15, 0.2) is 5.11 Å². The van der Waals surface area contributed by atoms with E-state index in [0.29, 0.717) is 10.9 Å². The standard InChI is InChI=1S/C21H20FN3OS/c1-2-13-25-20(19(24-21(25)27)16-5-3-4-12-23-16)18-11-10-17(26-18)14-6-8-15(22)9-7-14/h3-12,19-20H,2,13H2,1H3,(H,24,27)/t19-,20+/m1/s1. The van der Waals surface area contributed by atoms with Crippen LogP contribution >= 0.6 is 12.2 Å². The van der Waals surface area contributed by atoms with Crippen LogP contribution in [0.15, 0.2) is 65.2 Å². The maximum Gasteiger partial charge on any atom is 0.170 e. The second-order valence-corrected chi connectivity index (χ2v) is 6.92. The molecule has 0 aliphatic carbocycles. The van der Waals surface area contributed by atoms with E-state index in [9.17, 15) is 4.39 Å². The van der Waals surface area contributed by atoms with Gasteiger partial charge in [-0.2, -0.15) is 0 Å². The Kier molecular flexibility index (Phi) is 4.90. The van der Waals surface area contributed by atoms with E-state index in [1.807, 2.05) is 30.3 Å². The van der Waals surface area contributed by atoms with Crippen molar-refractivity contribution in [3.8, 4) is 11.3 Å². The van der Waals surface area contributed by atoms with Gasteiger partial charge in [0, 0.05) is 18.3 Å². The number of halogens is 1. The van der Waals surface area contributed by atoms with Gasteiger partial charge in [0.05, 0.1) is 11.7 Å². The van der Waals surface area contributed by atoms with Crippen molar-refractivity contribution in [1.82, 2.24) is 15.2 Å². The summed E-state index contributed by atoms with van der Waals surface area (Å²) < 4.78 is 19.4. The number of furan rings is 1. The molecule has 138 valence electrons. The molecule has 0 radical (unpaired) electrons. The monoisotopic (exact) mass is 381 g/mol. The zero-order valence-corrected chi connectivity index (χ0v) is 15.7. The number of nitrogens with one attached hydrogen (secondary N) is 1. The first-order valence-electron chi connectivity index (χ1n) is 9.01. The van der Waals surface area contributed by atoms with Crippen LogP contribution < -0.4 is 5.32 Å². The molecule has 4 rings (SSSR count). The minimum absolute atomic E-state index is 0.0819. The number of aromatic nitrogens is 1. The smallest absolute Gasteiger partial charge is 0.170 e. The van der Waals surface area contributed by atoms with Gasteiger partial charge in [-0.25, -0.2) is 4.39 Å². The van der Waals surface area contributed by atoms with Crippen molar-refractivity contribution in [2.75, 3.05) is 6.54 Å². The predicted octanol–water partition coefficient (Wildman–Crippen LogP) is 4.86. The number of rotatable bonds is 5. The number of hydrogen-bond acceptors (Lipinski definition) is 3. The van der Waals surface area contributed by atoms with Crippen molar-refractivity contribution in [2.24, 2.45) is 0 Å². The van der Waals surface area contributed by atoms with Crippen LogP contribution in [-0.4, -0.2) is 21.5 Å². The predicted molar refractivity (Wildman–Crippen MR) is 107 cm³/mol. The van der Waals surface area contributed by atoms with E-state index in [2.05, 4.69) is 22.1 Å². The minimum Gasteiger partial charge on any atom is -0.459 e. The number of pyridine rings is 1. The third kappa shape index (κ3) is 3.45. The van der Waals surface area contributed by atoms with E-state index >= 15 is 0 Å². The van der Waals surface area contributed by atoms with Crippen molar-refractivity contribution in [2.45, 2.75) is 25.4 Å². The molecule has 1 aliphatic rings. The summed E-state index contributed by atoms with van der Waals surface area (Å²) in [7, 11) is 0. The van der Waals surface area contributed by atoms with Crippen molar-refractivity contribution >= 4 is 17.3 Å². The summed E-state index contributed by atoms with van der Waals surface area (Å²) in [6.07, 6.45) is 2.75. The van der Waals surface area contributed by atoms with E-state index in [-0.39, 0.29) is 17.9 Å². The van der Waals surface area contributed by atoms with Gasteiger partial charge in [-0.15, -0.1) is 0 Å². The zero-order chi connectivity index (χ0) is 18.8. The molecule has 1 saturated heterocycles. The highest BCUT2D eigenvalue weighted by molar-refractivity contribution is 7.80. The first kappa shape index (κ1) is 17.7. The fourth-order valence-electron chi connectivity index (χ4n) is 3.48. The van der Waals surface area contributed by atoms with Crippen LogP contribution in [0, 0.1) is 5.82 Å². The summed E-state index contributed by atoms with van der Waals surface area (Å²) >= 11 is 5.58. The van der Waals surface area contributed by atoms with Crippen LogP contribution in [0.2, 0.25) is 0 Å². The van der Waals surface area contributed by atoms with Crippen molar-refractivity contribution in [1.29, 1.82) is 0 Å². The maximum atomic E-state index is 13.2. The Morgan fingerprint density at radius 2 is 1.96 bits per heavy atom. The van der Waals surface area contributed by atoms with Crippen LogP contribution in [0.3, 0.4) is 0 Å². The normalized spacial score (nSPS) is 19.3. The number of nitrogens with zero attached hydrogens (tertiary/aromatic N) is 2. The molecule has 1 aliphatic heterocycles. The molecule has 0 saturated carbocycles. The second-order valence-electron chi connectivity index (χ2n) is 6.53. The highest BCUT2D eigenvalue weighted by atomic mass is 32.1. The van der Waals surface area contributed by atoms with E-state index in [0.717, 1.165) is 30.0 Å². The topological polar surface area (TPSA) is 41.3 Å². The molecule has 4 nitrogen and oxygen atoms in total.